The van der Waals surface area contributed by atoms with Crippen LogP contribution in [0.3, 0.4) is 0 Å². The molecule has 0 aliphatic carbocycles. The maximum absolute atomic E-state index is 13.5. The quantitative estimate of drug-likeness (QED) is 0.374. The minimum absolute atomic E-state index is 0.0511. The number of benzene rings is 3. The first-order valence-electron chi connectivity index (χ1n) is 10.9. The highest BCUT2D eigenvalue weighted by molar-refractivity contribution is 6.00. The van der Waals surface area contributed by atoms with E-state index in [4.69, 9.17) is 0 Å². The van der Waals surface area contributed by atoms with Crippen LogP contribution in [0.15, 0.2) is 96.2 Å². The fourth-order valence-electron chi connectivity index (χ4n) is 3.69. The van der Waals surface area contributed by atoms with Crippen LogP contribution in [0.1, 0.15) is 10.4 Å². The third kappa shape index (κ3) is 4.60. The van der Waals surface area contributed by atoms with Gasteiger partial charge in [-0.25, -0.2) is 14.1 Å². The Labute approximate surface area is 203 Å². The Bertz CT molecular complexity index is 1630. The molecule has 3 aromatic carbocycles. The first kappa shape index (κ1) is 22.7. The summed E-state index contributed by atoms with van der Waals surface area (Å²) in [5.74, 6) is -1.84. The number of hydrogen-bond donors (Lipinski definition) is 2. The van der Waals surface area contributed by atoms with Crippen molar-refractivity contribution in [3.63, 3.8) is 0 Å². The molecular weight excluding hydrogens is 463 g/mol. The molecule has 0 spiro atoms. The lowest BCUT2D eigenvalue weighted by atomic mass is 10.1. The predicted molar refractivity (Wildman–Crippen MR) is 131 cm³/mol. The van der Waals surface area contributed by atoms with E-state index < -0.39 is 29.7 Å². The molecule has 178 valence electrons. The van der Waals surface area contributed by atoms with E-state index in [2.05, 4.69) is 20.9 Å². The van der Waals surface area contributed by atoms with Crippen LogP contribution in [0.4, 0.5) is 4.39 Å². The summed E-state index contributed by atoms with van der Waals surface area (Å²) in [6, 6.07) is 22.1. The number of halogens is 1. The van der Waals surface area contributed by atoms with E-state index in [1.165, 1.54) is 18.5 Å². The molecule has 0 unspecified atom stereocenters. The molecule has 36 heavy (non-hydrogen) atoms. The predicted octanol–water partition coefficient (Wildman–Crippen LogP) is 2.85. The molecule has 0 aliphatic heterocycles. The highest BCUT2D eigenvalue weighted by Gasteiger charge is 2.19. The van der Waals surface area contributed by atoms with Gasteiger partial charge in [-0.2, -0.15) is 5.10 Å². The number of rotatable bonds is 5. The molecule has 0 saturated carbocycles. The molecule has 2 amide bonds. The maximum atomic E-state index is 13.5. The van der Waals surface area contributed by atoms with E-state index in [1.54, 1.807) is 10.9 Å². The average Bonchev–Trinajstić information content (AvgIpc) is 3.36. The van der Waals surface area contributed by atoms with Crippen molar-refractivity contribution in [1.29, 1.82) is 0 Å². The van der Waals surface area contributed by atoms with Crippen LogP contribution in [-0.4, -0.2) is 31.1 Å². The molecule has 10 heteroatoms. The van der Waals surface area contributed by atoms with Gasteiger partial charge in [0.15, 0.2) is 0 Å². The van der Waals surface area contributed by atoms with Gasteiger partial charge in [0.1, 0.15) is 18.1 Å². The fraction of sp³-hybridized carbons (Fsp3) is 0.0385. The number of fused-ring (bicyclic) bond motifs is 1. The zero-order chi connectivity index (χ0) is 25.1. The Balaban J connectivity index is 1.35. The Morgan fingerprint density at radius 2 is 1.64 bits per heavy atom. The summed E-state index contributed by atoms with van der Waals surface area (Å²) in [6.07, 6.45) is 2.77. The number of nitrogens with one attached hydrogen (secondary N) is 2. The van der Waals surface area contributed by atoms with Gasteiger partial charge in [0.2, 0.25) is 0 Å². The second-order valence-electron chi connectivity index (χ2n) is 7.88. The summed E-state index contributed by atoms with van der Waals surface area (Å²) in [6.45, 7) is -0.423. The molecule has 0 bridgehead atoms. The molecule has 0 aliphatic rings. The molecule has 0 saturated heterocycles. The molecule has 0 atom stereocenters. The van der Waals surface area contributed by atoms with Crippen LogP contribution < -0.4 is 16.4 Å². The number of amides is 2. The van der Waals surface area contributed by atoms with Crippen molar-refractivity contribution < 1.29 is 14.0 Å². The lowest BCUT2D eigenvalue weighted by Gasteiger charge is -2.09. The average molecular weight is 482 g/mol. The highest BCUT2D eigenvalue weighted by Crippen LogP contribution is 2.23. The summed E-state index contributed by atoms with van der Waals surface area (Å²) in [4.78, 5) is 42.2. The number of carbonyl (C=O) groups excluding carboxylic acids is 2. The standard InChI is InChI=1S/C26H19FN6O3/c27-18-11-12-22-20(13-18)26(36)32(16-28-22)15-23(34)29-30-25(35)21-14-33(19-9-5-2-6-10-19)31-24(21)17-7-3-1-4-8-17/h1-14,16H,15H2,(H,29,34)(H,30,35). The van der Waals surface area contributed by atoms with Crippen LogP contribution >= 0.6 is 0 Å². The number of aromatic nitrogens is 4. The van der Waals surface area contributed by atoms with E-state index in [0.29, 0.717) is 11.2 Å². The molecule has 0 radical (unpaired) electrons. The normalized spacial score (nSPS) is 10.8. The van der Waals surface area contributed by atoms with Crippen LogP contribution in [0.5, 0.6) is 0 Å². The van der Waals surface area contributed by atoms with Crippen LogP contribution in [0.2, 0.25) is 0 Å². The van der Waals surface area contributed by atoms with Crippen molar-refractivity contribution in [3.8, 4) is 16.9 Å². The first-order valence-corrected chi connectivity index (χ1v) is 10.9. The van der Waals surface area contributed by atoms with Crippen molar-refractivity contribution >= 4 is 22.7 Å². The first-order chi connectivity index (χ1) is 17.5. The molecular formula is C26H19FN6O3. The van der Waals surface area contributed by atoms with Gasteiger partial charge in [0.05, 0.1) is 28.5 Å². The molecule has 2 heterocycles. The third-order valence-electron chi connectivity index (χ3n) is 5.44. The highest BCUT2D eigenvalue weighted by atomic mass is 19.1. The zero-order valence-corrected chi connectivity index (χ0v) is 18.8. The Morgan fingerprint density at radius 1 is 0.917 bits per heavy atom. The van der Waals surface area contributed by atoms with Gasteiger partial charge in [-0.3, -0.25) is 29.8 Å². The number of hydrogen-bond acceptors (Lipinski definition) is 5. The molecule has 9 nitrogen and oxygen atoms in total. The van der Waals surface area contributed by atoms with Gasteiger partial charge in [-0.05, 0) is 30.3 Å². The number of nitrogens with zero attached hydrogens (tertiary/aromatic N) is 4. The van der Waals surface area contributed by atoms with Crippen LogP contribution in [0.25, 0.3) is 27.8 Å². The maximum Gasteiger partial charge on any atom is 0.273 e. The lowest BCUT2D eigenvalue weighted by molar-refractivity contribution is -0.122. The number of para-hydroxylation sites is 1. The molecule has 2 N–H and O–H groups in total. The van der Waals surface area contributed by atoms with Gasteiger partial charge < -0.3 is 0 Å². The van der Waals surface area contributed by atoms with E-state index in [1.807, 2.05) is 60.7 Å². The largest absolute Gasteiger partial charge is 0.289 e. The molecule has 0 fully saturated rings. The molecule has 2 aromatic heterocycles. The van der Waals surface area contributed by atoms with Gasteiger partial charge in [-0.15, -0.1) is 0 Å². The SMILES string of the molecule is O=C(Cn1cnc2ccc(F)cc2c1=O)NNC(=O)c1cn(-c2ccccc2)nc1-c1ccccc1. The molecule has 5 aromatic rings. The number of hydrazine groups is 1. The van der Waals surface area contributed by atoms with Crippen molar-refractivity contribution in [3.05, 3.63) is 113 Å². The van der Waals surface area contributed by atoms with Crippen molar-refractivity contribution in [2.75, 3.05) is 0 Å². The van der Waals surface area contributed by atoms with Gasteiger partial charge in [0, 0.05) is 11.8 Å². The Kier molecular flexibility index (Phi) is 6.06. The van der Waals surface area contributed by atoms with E-state index >= 15 is 0 Å². The topological polar surface area (TPSA) is 111 Å². The summed E-state index contributed by atoms with van der Waals surface area (Å²) < 4.78 is 16.2. The van der Waals surface area contributed by atoms with Crippen LogP contribution in [0, 0.1) is 5.82 Å². The van der Waals surface area contributed by atoms with E-state index in [0.717, 1.165) is 21.9 Å². The summed E-state index contributed by atoms with van der Waals surface area (Å²) in [5.41, 5.74) is 6.58. The zero-order valence-electron chi connectivity index (χ0n) is 18.8. The van der Waals surface area contributed by atoms with Gasteiger partial charge in [-0.1, -0.05) is 48.5 Å². The van der Waals surface area contributed by atoms with E-state index in [-0.39, 0.29) is 10.9 Å². The summed E-state index contributed by atoms with van der Waals surface area (Å²) in [5, 5.41) is 4.62. The van der Waals surface area contributed by atoms with Gasteiger partial charge in [0.25, 0.3) is 17.4 Å². The minimum Gasteiger partial charge on any atom is -0.289 e. The van der Waals surface area contributed by atoms with Crippen molar-refractivity contribution in [1.82, 2.24) is 30.2 Å². The molecule has 5 rings (SSSR count). The van der Waals surface area contributed by atoms with E-state index in [9.17, 15) is 18.8 Å². The minimum atomic E-state index is -0.667. The smallest absolute Gasteiger partial charge is 0.273 e. The lowest BCUT2D eigenvalue weighted by Crippen LogP contribution is -2.44. The summed E-state index contributed by atoms with van der Waals surface area (Å²) in [7, 11) is 0. The van der Waals surface area contributed by atoms with Crippen LogP contribution in [-0.2, 0) is 11.3 Å². The second-order valence-corrected chi connectivity index (χ2v) is 7.88. The Morgan fingerprint density at radius 3 is 2.39 bits per heavy atom. The number of carbonyl (C=O) groups is 2. The van der Waals surface area contributed by atoms with Crippen molar-refractivity contribution in [2.24, 2.45) is 0 Å². The van der Waals surface area contributed by atoms with Gasteiger partial charge >= 0.3 is 0 Å². The fourth-order valence-corrected chi connectivity index (χ4v) is 3.69. The summed E-state index contributed by atoms with van der Waals surface area (Å²) >= 11 is 0. The second kappa shape index (κ2) is 9.63. The third-order valence-corrected chi connectivity index (χ3v) is 5.44. The monoisotopic (exact) mass is 482 g/mol. The van der Waals surface area contributed by atoms with Crippen molar-refractivity contribution in [2.45, 2.75) is 6.54 Å². The Hall–Kier alpha value is -5.12.